The lowest BCUT2D eigenvalue weighted by Crippen LogP contribution is -2.34. The molecule has 0 saturated heterocycles. The molecular formula is C12H18BrNO5S2. The quantitative estimate of drug-likeness (QED) is 0.700. The molecule has 0 saturated carbocycles. The fourth-order valence-corrected chi connectivity index (χ4v) is 5.12. The van der Waals surface area contributed by atoms with Gasteiger partial charge in [-0.15, -0.1) is 11.3 Å². The molecule has 1 heterocycles. The Morgan fingerprint density at radius 1 is 1.52 bits per heavy atom. The third-order valence-electron chi connectivity index (χ3n) is 2.88. The number of hydrogen-bond donors (Lipinski definition) is 2. The van der Waals surface area contributed by atoms with E-state index in [1.165, 1.54) is 0 Å². The van der Waals surface area contributed by atoms with Gasteiger partial charge in [0.05, 0.1) is 3.79 Å². The van der Waals surface area contributed by atoms with Crippen LogP contribution in [0.3, 0.4) is 0 Å². The molecule has 0 aliphatic carbocycles. The zero-order chi connectivity index (χ0) is 16.3. The summed E-state index contributed by atoms with van der Waals surface area (Å²) in [5.74, 6) is -1.15. The summed E-state index contributed by atoms with van der Waals surface area (Å²) in [6, 6.07) is 1.15. The maximum atomic E-state index is 12.3. The van der Waals surface area contributed by atoms with Crippen LogP contribution in [0.5, 0.6) is 0 Å². The number of thiophene rings is 1. The van der Waals surface area contributed by atoms with Crippen LogP contribution in [-0.2, 0) is 14.8 Å². The first kappa shape index (κ1) is 18.6. The number of halogens is 1. The highest BCUT2D eigenvalue weighted by molar-refractivity contribution is 9.11. The summed E-state index contributed by atoms with van der Waals surface area (Å²) >= 11 is 3.97. The SMILES string of the molecule is COCCC(C)(C)CNS(=O)(=O)c1cc(C(=O)O)sc1Br. The Morgan fingerprint density at radius 2 is 2.14 bits per heavy atom. The summed E-state index contributed by atoms with van der Waals surface area (Å²) in [6.45, 7) is 4.64. The standard InChI is InChI=1S/C12H18BrNO5S2/c1-12(2,4-5-19-3)7-14-21(17,18)9-6-8(11(15)16)20-10(9)13/h6,14H,4-5,7H2,1-3H3,(H,15,16). The molecule has 2 N–H and O–H groups in total. The molecule has 0 aromatic carbocycles. The second-order valence-corrected chi connectivity index (χ2v) is 9.39. The van der Waals surface area contributed by atoms with Crippen molar-refractivity contribution in [2.75, 3.05) is 20.3 Å². The molecule has 0 fully saturated rings. The molecule has 0 atom stereocenters. The van der Waals surface area contributed by atoms with Gasteiger partial charge in [0, 0.05) is 20.3 Å². The van der Waals surface area contributed by atoms with Crippen molar-refractivity contribution in [2.24, 2.45) is 5.41 Å². The van der Waals surface area contributed by atoms with Crippen molar-refractivity contribution in [2.45, 2.75) is 25.2 Å². The average Bonchev–Trinajstić information content (AvgIpc) is 2.78. The molecule has 0 radical (unpaired) electrons. The van der Waals surface area contributed by atoms with E-state index in [0.29, 0.717) is 13.0 Å². The Hall–Kier alpha value is -0.480. The van der Waals surface area contributed by atoms with Crippen LogP contribution in [0.4, 0.5) is 0 Å². The highest BCUT2D eigenvalue weighted by Crippen LogP contribution is 2.32. The van der Waals surface area contributed by atoms with Gasteiger partial charge in [0.25, 0.3) is 0 Å². The van der Waals surface area contributed by atoms with Crippen LogP contribution in [0.1, 0.15) is 29.9 Å². The molecule has 1 rings (SSSR count). The van der Waals surface area contributed by atoms with E-state index in [1.807, 2.05) is 13.8 Å². The molecule has 1 aromatic rings. The number of rotatable bonds is 8. The van der Waals surface area contributed by atoms with Crippen LogP contribution in [0, 0.1) is 5.41 Å². The molecule has 120 valence electrons. The summed E-state index contributed by atoms with van der Waals surface area (Å²) in [6.07, 6.45) is 0.706. The van der Waals surface area contributed by atoms with Crippen molar-refractivity contribution < 1.29 is 23.1 Å². The Bertz CT molecular complexity index is 609. The third kappa shape index (κ3) is 5.33. The lowest BCUT2D eigenvalue weighted by Gasteiger charge is -2.24. The van der Waals surface area contributed by atoms with Crippen LogP contribution in [0.25, 0.3) is 0 Å². The highest BCUT2D eigenvalue weighted by atomic mass is 79.9. The molecule has 0 aliphatic heterocycles. The number of carbonyl (C=O) groups is 1. The van der Waals surface area contributed by atoms with Gasteiger partial charge in [-0.25, -0.2) is 17.9 Å². The lowest BCUT2D eigenvalue weighted by atomic mass is 9.90. The largest absolute Gasteiger partial charge is 0.477 e. The molecule has 0 bridgehead atoms. The van der Waals surface area contributed by atoms with Crippen molar-refractivity contribution in [1.82, 2.24) is 4.72 Å². The Labute approximate surface area is 136 Å². The van der Waals surface area contributed by atoms with Crippen LogP contribution in [0.15, 0.2) is 14.7 Å². The van der Waals surface area contributed by atoms with Crippen molar-refractivity contribution in [3.05, 3.63) is 14.7 Å². The molecular weight excluding hydrogens is 382 g/mol. The highest BCUT2D eigenvalue weighted by Gasteiger charge is 2.26. The van der Waals surface area contributed by atoms with Gasteiger partial charge in [0.1, 0.15) is 9.77 Å². The zero-order valence-corrected chi connectivity index (χ0v) is 15.2. The minimum atomic E-state index is -3.75. The van der Waals surface area contributed by atoms with E-state index in [-0.39, 0.29) is 25.5 Å². The van der Waals surface area contributed by atoms with E-state index in [4.69, 9.17) is 9.84 Å². The van der Waals surface area contributed by atoms with Crippen molar-refractivity contribution >= 4 is 43.3 Å². The topological polar surface area (TPSA) is 92.7 Å². The van der Waals surface area contributed by atoms with Gasteiger partial charge in [0.2, 0.25) is 10.0 Å². The summed E-state index contributed by atoms with van der Waals surface area (Å²) in [5.41, 5.74) is -0.263. The molecule has 0 spiro atoms. The van der Waals surface area contributed by atoms with E-state index >= 15 is 0 Å². The number of ether oxygens (including phenoxy) is 1. The van der Waals surface area contributed by atoms with Gasteiger partial charge < -0.3 is 9.84 Å². The first-order chi connectivity index (χ1) is 9.59. The molecule has 21 heavy (non-hydrogen) atoms. The number of methoxy groups -OCH3 is 1. The number of nitrogens with one attached hydrogen (secondary N) is 1. The molecule has 0 unspecified atom stereocenters. The minimum absolute atomic E-state index is 0.0270. The molecule has 9 heteroatoms. The fraction of sp³-hybridized carbons (Fsp3) is 0.583. The van der Waals surface area contributed by atoms with E-state index < -0.39 is 16.0 Å². The zero-order valence-electron chi connectivity index (χ0n) is 12.0. The maximum absolute atomic E-state index is 12.3. The van der Waals surface area contributed by atoms with E-state index in [0.717, 1.165) is 17.4 Å². The van der Waals surface area contributed by atoms with Gasteiger partial charge in [-0.2, -0.15) is 0 Å². The predicted molar refractivity (Wildman–Crippen MR) is 84.4 cm³/mol. The second-order valence-electron chi connectivity index (χ2n) is 5.29. The monoisotopic (exact) mass is 399 g/mol. The van der Waals surface area contributed by atoms with Crippen LogP contribution < -0.4 is 4.72 Å². The Balaban J connectivity index is 2.85. The van der Waals surface area contributed by atoms with Crippen LogP contribution >= 0.6 is 27.3 Å². The molecule has 0 aliphatic rings. The number of hydrogen-bond acceptors (Lipinski definition) is 5. The van der Waals surface area contributed by atoms with Gasteiger partial charge in [0.15, 0.2) is 0 Å². The van der Waals surface area contributed by atoms with Crippen molar-refractivity contribution in [3.63, 3.8) is 0 Å². The molecule has 1 aromatic heterocycles. The lowest BCUT2D eigenvalue weighted by molar-refractivity contribution is 0.0702. The second kappa shape index (κ2) is 7.19. The summed E-state index contributed by atoms with van der Waals surface area (Å²) in [7, 11) is -2.16. The van der Waals surface area contributed by atoms with Gasteiger partial charge in [-0.05, 0) is 33.8 Å². The molecule has 0 amide bonds. The van der Waals surface area contributed by atoms with E-state index in [2.05, 4.69) is 20.7 Å². The first-order valence-electron chi connectivity index (χ1n) is 6.10. The van der Waals surface area contributed by atoms with Gasteiger partial charge in [-0.3, -0.25) is 0 Å². The molecule has 6 nitrogen and oxygen atoms in total. The summed E-state index contributed by atoms with van der Waals surface area (Å²) in [4.78, 5) is 10.8. The fourth-order valence-electron chi connectivity index (χ4n) is 1.48. The summed E-state index contributed by atoms with van der Waals surface area (Å²) in [5, 5.41) is 8.91. The van der Waals surface area contributed by atoms with Crippen LogP contribution in [-0.4, -0.2) is 39.8 Å². The van der Waals surface area contributed by atoms with Crippen LogP contribution in [0.2, 0.25) is 0 Å². The van der Waals surface area contributed by atoms with Crippen molar-refractivity contribution in [1.29, 1.82) is 0 Å². The number of carboxylic acids is 1. The third-order valence-corrected chi connectivity index (χ3v) is 6.52. The van der Waals surface area contributed by atoms with Crippen molar-refractivity contribution in [3.8, 4) is 0 Å². The smallest absolute Gasteiger partial charge is 0.345 e. The first-order valence-corrected chi connectivity index (χ1v) is 9.19. The average molecular weight is 400 g/mol. The van der Waals surface area contributed by atoms with Gasteiger partial charge >= 0.3 is 5.97 Å². The van der Waals surface area contributed by atoms with Gasteiger partial charge in [-0.1, -0.05) is 13.8 Å². The summed E-state index contributed by atoms with van der Waals surface area (Å²) < 4.78 is 32.3. The minimum Gasteiger partial charge on any atom is -0.477 e. The van der Waals surface area contributed by atoms with E-state index in [1.54, 1.807) is 7.11 Å². The number of sulfonamides is 1. The number of aromatic carboxylic acids is 1. The Morgan fingerprint density at radius 3 is 2.62 bits per heavy atom. The maximum Gasteiger partial charge on any atom is 0.345 e. The predicted octanol–water partition coefficient (Wildman–Crippen LogP) is 2.55. The van der Waals surface area contributed by atoms with E-state index in [9.17, 15) is 13.2 Å². The Kier molecular flexibility index (Phi) is 6.36. The number of carboxylic acid groups (broad SMARTS) is 1. The normalized spacial score (nSPS) is 12.6.